The summed E-state index contributed by atoms with van der Waals surface area (Å²) in [6, 6.07) is 12.4. The average molecular weight is 546 g/mol. The van der Waals surface area contributed by atoms with Gasteiger partial charge in [0.25, 0.3) is 5.91 Å². The topological polar surface area (TPSA) is 68.2 Å². The number of aromatic nitrogens is 2. The van der Waals surface area contributed by atoms with E-state index < -0.39 is 5.54 Å². The number of nitrogens with one attached hydrogen (secondary N) is 2. The Hall–Kier alpha value is -2.53. The molecule has 0 bridgehead atoms. The fraction of sp³-hybridized carbons (Fsp3) is 0.333. The van der Waals surface area contributed by atoms with Gasteiger partial charge in [-0.05, 0) is 64.1 Å². The van der Waals surface area contributed by atoms with Crippen LogP contribution in [0.25, 0.3) is 16.9 Å². The van der Waals surface area contributed by atoms with Gasteiger partial charge < -0.3 is 15.4 Å². The maximum Gasteiger partial charge on any atom is 0.273 e. The molecule has 4 rings (SSSR count). The number of amides is 1. The second-order valence-corrected chi connectivity index (χ2v) is 10.8. The summed E-state index contributed by atoms with van der Waals surface area (Å²) in [5.74, 6) is 5.91. The first-order chi connectivity index (χ1) is 17.1. The Morgan fingerprint density at radius 3 is 2.53 bits per heavy atom. The molecule has 2 heterocycles. The van der Waals surface area contributed by atoms with Gasteiger partial charge in [0, 0.05) is 27.7 Å². The SMILES string of the molecule is CC(C)(C)NC(=O)c1nn(-c2ccc(Cl)cc2Cl)c(-c2ccc(Cl)cc2)c1C#CCO[C@H]1CCNC1. The molecule has 2 aromatic carbocycles. The molecular formula is C27H27Cl3N4O2. The molecule has 1 aromatic heterocycles. The predicted octanol–water partition coefficient (Wildman–Crippen LogP) is 5.76. The van der Waals surface area contributed by atoms with Gasteiger partial charge in [0.2, 0.25) is 0 Å². The lowest BCUT2D eigenvalue weighted by Gasteiger charge is -2.19. The van der Waals surface area contributed by atoms with E-state index >= 15 is 0 Å². The molecule has 0 aliphatic carbocycles. The smallest absolute Gasteiger partial charge is 0.273 e. The Kier molecular flexibility index (Phi) is 8.29. The highest BCUT2D eigenvalue weighted by Gasteiger charge is 2.27. The van der Waals surface area contributed by atoms with Gasteiger partial charge in [-0.15, -0.1) is 0 Å². The van der Waals surface area contributed by atoms with Gasteiger partial charge in [-0.2, -0.15) is 5.10 Å². The van der Waals surface area contributed by atoms with E-state index in [1.54, 1.807) is 35.0 Å². The average Bonchev–Trinajstić information content (AvgIpc) is 3.44. The molecule has 36 heavy (non-hydrogen) atoms. The number of ether oxygens (including phenoxy) is 1. The summed E-state index contributed by atoms with van der Waals surface area (Å²) in [7, 11) is 0. The molecule has 3 aromatic rings. The summed E-state index contributed by atoms with van der Waals surface area (Å²) < 4.78 is 7.50. The number of hydrogen-bond donors (Lipinski definition) is 2. The summed E-state index contributed by atoms with van der Waals surface area (Å²) in [5.41, 5.74) is 2.15. The number of hydrogen-bond acceptors (Lipinski definition) is 4. The first kappa shape index (κ1) is 26.5. The molecule has 0 unspecified atom stereocenters. The Morgan fingerprint density at radius 1 is 1.17 bits per heavy atom. The van der Waals surface area contributed by atoms with Crippen LogP contribution in [0.15, 0.2) is 42.5 Å². The summed E-state index contributed by atoms with van der Waals surface area (Å²) >= 11 is 18.9. The van der Waals surface area contributed by atoms with E-state index in [2.05, 4.69) is 22.5 Å². The van der Waals surface area contributed by atoms with Gasteiger partial charge in [-0.25, -0.2) is 4.68 Å². The molecule has 1 aliphatic heterocycles. The van der Waals surface area contributed by atoms with Crippen molar-refractivity contribution in [1.82, 2.24) is 20.4 Å². The fourth-order valence-corrected chi connectivity index (χ4v) is 4.47. The fourth-order valence-electron chi connectivity index (χ4n) is 3.85. The van der Waals surface area contributed by atoms with E-state index in [4.69, 9.17) is 44.6 Å². The quantitative estimate of drug-likeness (QED) is 0.400. The Morgan fingerprint density at radius 2 is 1.89 bits per heavy atom. The van der Waals surface area contributed by atoms with Crippen molar-refractivity contribution >= 4 is 40.7 Å². The maximum absolute atomic E-state index is 13.4. The van der Waals surface area contributed by atoms with Gasteiger partial charge in [0.1, 0.15) is 6.61 Å². The molecular weight excluding hydrogens is 519 g/mol. The lowest BCUT2D eigenvalue weighted by atomic mass is 10.0. The van der Waals surface area contributed by atoms with Gasteiger partial charge in [-0.1, -0.05) is 58.8 Å². The summed E-state index contributed by atoms with van der Waals surface area (Å²) in [6.07, 6.45) is 1.08. The molecule has 6 nitrogen and oxygen atoms in total. The minimum absolute atomic E-state index is 0.134. The predicted molar refractivity (Wildman–Crippen MR) is 145 cm³/mol. The molecule has 1 saturated heterocycles. The second-order valence-electron chi connectivity index (χ2n) is 9.52. The Bertz CT molecular complexity index is 1310. The van der Waals surface area contributed by atoms with Crippen molar-refractivity contribution in [2.45, 2.75) is 38.8 Å². The van der Waals surface area contributed by atoms with Crippen LogP contribution in [0.4, 0.5) is 0 Å². The third-order valence-corrected chi connectivity index (χ3v) is 6.25. The molecule has 1 fully saturated rings. The van der Waals surface area contributed by atoms with E-state index in [0.717, 1.165) is 25.1 Å². The Balaban J connectivity index is 1.87. The van der Waals surface area contributed by atoms with E-state index in [0.29, 0.717) is 32.0 Å². The molecule has 0 spiro atoms. The van der Waals surface area contributed by atoms with Crippen molar-refractivity contribution in [3.05, 3.63) is 68.8 Å². The van der Waals surface area contributed by atoms with Crippen LogP contribution in [-0.2, 0) is 4.74 Å². The van der Waals surface area contributed by atoms with Crippen LogP contribution < -0.4 is 10.6 Å². The Labute approximate surface area is 226 Å². The van der Waals surface area contributed by atoms with Gasteiger partial charge in [-0.3, -0.25) is 4.79 Å². The first-order valence-corrected chi connectivity index (χ1v) is 12.7. The number of benzene rings is 2. The largest absolute Gasteiger partial charge is 0.364 e. The van der Waals surface area contributed by atoms with E-state index in [9.17, 15) is 4.79 Å². The number of rotatable bonds is 5. The summed E-state index contributed by atoms with van der Waals surface area (Å²) in [6.45, 7) is 7.71. The van der Waals surface area contributed by atoms with Crippen LogP contribution in [0.1, 0.15) is 43.2 Å². The minimum atomic E-state index is -0.470. The number of nitrogens with zero attached hydrogens (tertiary/aromatic N) is 2. The van der Waals surface area contributed by atoms with Crippen molar-refractivity contribution in [2.75, 3.05) is 19.7 Å². The van der Waals surface area contributed by atoms with Gasteiger partial charge in [0.05, 0.1) is 28.1 Å². The molecule has 9 heteroatoms. The minimum Gasteiger partial charge on any atom is -0.364 e. The zero-order chi connectivity index (χ0) is 25.9. The zero-order valence-electron chi connectivity index (χ0n) is 20.3. The highest BCUT2D eigenvalue weighted by molar-refractivity contribution is 6.35. The number of halogens is 3. The van der Waals surface area contributed by atoms with Crippen LogP contribution in [-0.4, -0.2) is 47.0 Å². The standard InChI is InChI=1S/C27H27Cl3N4O2/c1-27(2,3)32-26(35)24-21(5-4-14-36-20-12-13-31-16-20)25(17-6-8-18(28)9-7-17)34(33-24)23-11-10-19(29)15-22(23)30/h6-11,15,20,31H,12-14,16H2,1-3H3,(H,32,35)/t20-/m0/s1. The third kappa shape index (κ3) is 6.42. The molecule has 188 valence electrons. The van der Waals surface area contributed by atoms with Crippen LogP contribution in [0.2, 0.25) is 15.1 Å². The molecule has 1 amide bonds. The van der Waals surface area contributed by atoms with Crippen molar-refractivity contribution in [3.8, 4) is 28.8 Å². The number of carbonyl (C=O) groups is 1. The van der Waals surface area contributed by atoms with E-state index in [1.807, 2.05) is 32.9 Å². The molecule has 2 N–H and O–H groups in total. The lowest BCUT2D eigenvalue weighted by Crippen LogP contribution is -2.41. The maximum atomic E-state index is 13.4. The zero-order valence-corrected chi connectivity index (χ0v) is 22.6. The van der Waals surface area contributed by atoms with Crippen molar-refractivity contribution in [2.24, 2.45) is 0 Å². The molecule has 1 atom stereocenters. The monoisotopic (exact) mass is 544 g/mol. The first-order valence-electron chi connectivity index (χ1n) is 11.6. The molecule has 0 radical (unpaired) electrons. The van der Waals surface area contributed by atoms with Crippen molar-refractivity contribution < 1.29 is 9.53 Å². The van der Waals surface area contributed by atoms with Crippen molar-refractivity contribution in [1.29, 1.82) is 0 Å². The third-order valence-electron chi connectivity index (χ3n) is 5.46. The molecule has 0 saturated carbocycles. The second kappa shape index (κ2) is 11.2. The van der Waals surface area contributed by atoms with E-state index in [1.165, 1.54) is 0 Å². The van der Waals surface area contributed by atoms with Gasteiger partial charge in [0.15, 0.2) is 5.69 Å². The summed E-state index contributed by atoms with van der Waals surface area (Å²) in [4.78, 5) is 13.4. The highest BCUT2D eigenvalue weighted by Crippen LogP contribution is 2.33. The lowest BCUT2D eigenvalue weighted by molar-refractivity contribution is 0.0912. The van der Waals surface area contributed by atoms with Crippen LogP contribution in [0.3, 0.4) is 0 Å². The normalized spacial score (nSPS) is 15.4. The summed E-state index contributed by atoms with van der Waals surface area (Å²) in [5, 5.41) is 12.4. The van der Waals surface area contributed by atoms with Crippen LogP contribution in [0.5, 0.6) is 0 Å². The molecule has 1 aliphatic rings. The van der Waals surface area contributed by atoms with Gasteiger partial charge >= 0.3 is 0 Å². The van der Waals surface area contributed by atoms with Crippen LogP contribution in [0, 0.1) is 11.8 Å². The highest BCUT2D eigenvalue weighted by atomic mass is 35.5. The van der Waals surface area contributed by atoms with E-state index in [-0.39, 0.29) is 24.3 Å². The van der Waals surface area contributed by atoms with Crippen molar-refractivity contribution in [3.63, 3.8) is 0 Å². The van der Waals surface area contributed by atoms with Crippen LogP contribution >= 0.6 is 34.8 Å². The number of carbonyl (C=O) groups excluding carboxylic acids is 1.